The van der Waals surface area contributed by atoms with Gasteiger partial charge in [-0.2, -0.15) is 0 Å². The second-order valence-corrected chi connectivity index (χ2v) is 3.95. The zero-order valence-corrected chi connectivity index (χ0v) is 9.78. The summed E-state index contributed by atoms with van der Waals surface area (Å²) in [5.74, 6) is -1.92. The molecule has 2 N–H and O–H groups in total. The van der Waals surface area contributed by atoms with Gasteiger partial charge in [-0.15, -0.1) is 0 Å². The quantitative estimate of drug-likeness (QED) is 0.541. The van der Waals surface area contributed by atoms with Gasteiger partial charge >= 0.3 is 11.9 Å². The molecule has 18 heavy (non-hydrogen) atoms. The Bertz CT molecular complexity index is 437. The zero-order chi connectivity index (χ0) is 13.5. The summed E-state index contributed by atoms with van der Waals surface area (Å²) in [5, 5.41) is 17.6. The van der Waals surface area contributed by atoms with E-state index in [-0.39, 0.29) is 6.42 Å². The van der Waals surface area contributed by atoms with Gasteiger partial charge in [0.1, 0.15) is 6.04 Å². The van der Waals surface area contributed by atoms with Crippen LogP contribution in [-0.4, -0.2) is 33.0 Å². The third kappa shape index (κ3) is 3.73. The topological polar surface area (TPSA) is 96.6 Å². The van der Waals surface area contributed by atoms with Crippen LogP contribution in [0.1, 0.15) is 42.2 Å². The van der Waals surface area contributed by atoms with Crippen LogP contribution in [-0.2, 0) is 9.59 Å². The molecule has 0 aromatic carbocycles. The Hall–Kier alpha value is -2.11. The van der Waals surface area contributed by atoms with Crippen LogP contribution < -0.4 is 0 Å². The maximum Gasteiger partial charge on any atom is 0.326 e. The lowest BCUT2D eigenvalue weighted by Crippen LogP contribution is -2.20. The minimum atomic E-state index is -1.02. The van der Waals surface area contributed by atoms with Crippen LogP contribution in [0.15, 0.2) is 18.3 Å². The number of carboxylic acid groups (broad SMARTS) is 2. The second kappa shape index (κ2) is 6.58. The van der Waals surface area contributed by atoms with Gasteiger partial charge in [0, 0.05) is 12.6 Å². The molecule has 98 valence electrons. The monoisotopic (exact) mass is 253 g/mol. The molecular formula is C12H15NO5. The molecule has 1 aromatic heterocycles. The van der Waals surface area contributed by atoms with Crippen molar-refractivity contribution in [2.24, 2.45) is 0 Å². The van der Waals surface area contributed by atoms with E-state index in [1.165, 1.54) is 4.57 Å². The molecule has 6 heteroatoms. The fourth-order valence-corrected chi connectivity index (χ4v) is 1.79. The van der Waals surface area contributed by atoms with Gasteiger partial charge in [-0.1, -0.05) is 6.42 Å². The van der Waals surface area contributed by atoms with Crippen LogP contribution >= 0.6 is 0 Å². The van der Waals surface area contributed by atoms with E-state index in [0.717, 1.165) is 0 Å². The summed E-state index contributed by atoms with van der Waals surface area (Å²) in [4.78, 5) is 32.2. The van der Waals surface area contributed by atoms with Gasteiger partial charge in [-0.25, -0.2) is 4.79 Å². The highest BCUT2D eigenvalue weighted by Crippen LogP contribution is 2.18. The Balaban J connectivity index is 2.63. The molecule has 1 rings (SSSR count). The third-order valence-electron chi connectivity index (χ3n) is 2.67. The Kier molecular flexibility index (Phi) is 5.10. The number of rotatable bonds is 8. The first-order valence-electron chi connectivity index (χ1n) is 5.63. The predicted octanol–water partition coefficient (Wildman–Crippen LogP) is 1.57. The second-order valence-electron chi connectivity index (χ2n) is 3.95. The highest BCUT2D eigenvalue weighted by Gasteiger charge is 2.20. The molecule has 1 heterocycles. The van der Waals surface area contributed by atoms with Crippen LogP contribution in [0.5, 0.6) is 0 Å². The van der Waals surface area contributed by atoms with Crippen LogP contribution in [0.3, 0.4) is 0 Å². The van der Waals surface area contributed by atoms with E-state index >= 15 is 0 Å². The molecule has 0 aliphatic heterocycles. The van der Waals surface area contributed by atoms with Gasteiger partial charge in [0.25, 0.3) is 0 Å². The summed E-state index contributed by atoms with van der Waals surface area (Å²) in [7, 11) is 0. The van der Waals surface area contributed by atoms with Crippen molar-refractivity contribution in [2.75, 3.05) is 0 Å². The molecule has 0 aliphatic rings. The van der Waals surface area contributed by atoms with Gasteiger partial charge in [-0.3, -0.25) is 9.59 Å². The van der Waals surface area contributed by atoms with E-state index in [1.807, 2.05) is 0 Å². The molecule has 0 aliphatic carbocycles. The third-order valence-corrected chi connectivity index (χ3v) is 2.67. The van der Waals surface area contributed by atoms with E-state index in [9.17, 15) is 14.4 Å². The van der Waals surface area contributed by atoms with Gasteiger partial charge < -0.3 is 14.8 Å². The minimum Gasteiger partial charge on any atom is -0.481 e. The Morgan fingerprint density at radius 2 is 2.06 bits per heavy atom. The Labute approximate surface area is 104 Å². The van der Waals surface area contributed by atoms with Gasteiger partial charge in [0.2, 0.25) is 0 Å². The average molecular weight is 253 g/mol. The van der Waals surface area contributed by atoms with Crippen molar-refractivity contribution in [3.63, 3.8) is 0 Å². The highest BCUT2D eigenvalue weighted by molar-refractivity contribution is 5.76. The lowest BCUT2D eigenvalue weighted by molar-refractivity contribution is -0.141. The Morgan fingerprint density at radius 1 is 1.33 bits per heavy atom. The minimum absolute atomic E-state index is 0.0263. The molecule has 6 nitrogen and oxygen atoms in total. The van der Waals surface area contributed by atoms with Crippen molar-refractivity contribution in [2.45, 2.75) is 31.7 Å². The maximum atomic E-state index is 11.1. The molecule has 0 bridgehead atoms. The van der Waals surface area contributed by atoms with E-state index in [2.05, 4.69) is 0 Å². The summed E-state index contributed by atoms with van der Waals surface area (Å²) in [6, 6.07) is 2.32. The van der Waals surface area contributed by atoms with Crippen LogP contribution in [0.4, 0.5) is 0 Å². The molecule has 1 aromatic rings. The van der Waals surface area contributed by atoms with Crippen molar-refractivity contribution in [3.8, 4) is 0 Å². The molecule has 0 radical (unpaired) electrons. The normalized spacial score (nSPS) is 12.0. The molecule has 1 atom stereocenters. The predicted molar refractivity (Wildman–Crippen MR) is 62.6 cm³/mol. The van der Waals surface area contributed by atoms with E-state index in [1.54, 1.807) is 18.3 Å². The van der Waals surface area contributed by atoms with Crippen LogP contribution in [0.25, 0.3) is 0 Å². The number of aromatic nitrogens is 1. The SMILES string of the molecule is O=Cc1cccn1C(CCCCC(=O)O)C(=O)O. The summed E-state index contributed by atoms with van der Waals surface area (Å²) in [5.41, 5.74) is 0.306. The number of nitrogens with zero attached hydrogens (tertiary/aromatic N) is 1. The average Bonchev–Trinajstić information content (AvgIpc) is 2.75. The molecule has 0 saturated heterocycles. The number of hydrogen-bond acceptors (Lipinski definition) is 3. The first-order chi connectivity index (χ1) is 8.56. The van der Waals surface area contributed by atoms with Gasteiger partial charge in [0.05, 0.1) is 5.69 Å². The number of hydrogen-bond donors (Lipinski definition) is 2. The van der Waals surface area contributed by atoms with Crippen molar-refractivity contribution in [1.29, 1.82) is 0 Å². The van der Waals surface area contributed by atoms with E-state index < -0.39 is 18.0 Å². The summed E-state index contributed by atoms with van der Waals surface area (Å²) in [6.07, 6.45) is 3.39. The number of carboxylic acids is 2. The molecular weight excluding hydrogens is 238 g/mol. The largest absolute Gasteiger partial charge is 0.481 e. The molecule has 0 fully saturated rings. The number of unbranched alkanes of at least 4 members (excludes halogenated alkanes) is 1. The van der Waals surface area contributed by atoms with Crippen molar-refractivity contribution < 1.29 is 24.6 Å². The van der Waals surface area contributed by atoms with Gasteiger partial charge in [-0.05, 0) is 25.0 Å². The van der Waals surface area contributed by atoms with Crippen molar-refractivity contribution >= 4 is 18.2 Å². The summed E-state index contributed by atoms with van der Waals surface area (Å²) < 4.78 is 1.40. The lowest BCUT2D eigenvalue weighted by Gasteiger charge is -2.15. The smallest absolute Gasteiger partial charge is 0.326 e. The molecule has 0 saturated carbocycles. The standard InChI is InChI=1S/C12H15NO5/c14-8-9-4-3-7-13(9)10(12(17)18)5-1-2-6-11(15)16/h3-4,7-8,10H,1-2,5-6H2,(H,15,16)(H,17,18). The summed E-state index contributed by atoms with van der Waals surface area (Å²) >= 11 is 0. The fraction of sp³-hybridized carbons (Fsp3) is 0.417. The fourth-order valence-electron chi connectivity index (χ4n) is 1.79. The van der Waals surface area contributed by atoms with Crippen molar-refractivity contribution in [1.82, 2.24) is 4.57 Å². The van der Waals surface area contributed by atoms with Crippen LogP contribution in [0.2, 0.25) is 0 Å². The number of aldehydes is 1. The number of carbonyl (C=O) groups is 3. The first-order valence-corrected chi connectivity index (χ1v) is 5.63. The molecule has 1 unspecified atom stereocenters. The zero-order valence-electron chi connectivity index (χ0n) is 9.78. The molecule has 0 amide bonds. The van der Waals surface area contributed by atoms with E-state index in [0.29, 0.717) is 31.2 Å². The Morgan fingerprint density at radius 3 is 2.61 bits per heavy atom. The molecule has 0 spiro atoms. The van der Waals surface area contributed by atoms with E-state index in [4.69, 9.17) is 10.2 Å². The van der Waals surface area contributed by atoms with Crippen LogP contribution in [0, 0.1) is 0 Å². The maximum absolute atomic E-state index is 11.1. The number of aliphatic carboxylic acids is 2. The highest BCUT2D eigenvalue weighted by atomic mass is 16.4. The lowest BCUT2D eigenvalue weighted by atomic mass is 10.1. The first kappa shape index (κ1) is 14.0. The van der Waals surface area contributed by atoms with Gasteiger partial charge in [0.15, 0.2) is 6.29 Å². The number of carbonyl (C=O) groups excluding carboxylic acids is 1. The van der Waals surface area contributed by atoms with Crippen molar-refractivity contribution in [3.05, 3.63) is 24.0 Å². The summed E-state index contributed by atoms with van der Waals surface area (Å²) in [6.45, 7) is 0.